The molecule has 3 rings (SSSR count). The average Bonchev–Trinajstić information content (AvgIpc) is 3.09. The van der Waals surface area contributed by atoms with E-state index in [2.05, 4.69) is 5.16 Å². The van der Waals surface area contributed by atoms with Crippen LogP contribution in [0.1, 0.15) is 23.4 Å². The number of ether oxygens (including phenoxy) is 1. The van der Waals surface area contributed by atoms with E-state index in [0.29, 0.717) is 24.6 Å². The number of nitrogens with zero attached hydrogens (tertiary/aromatic N) is 2. The molecule has 1 aliphatic rings. The Morgan fingerprint density at radius 1 is 1.48 bits per heavy atom. The van der Waals surface area contributed by atoms with E-state index in [0.717, 1.165) is 17.7 Å². The first kappa shape index (κ1) is 15.5. The average molecular weight is 318 g/mol. The topological polar surface area (TPSA) is 55.6 Å². The van der Waals surface area contributed by atoms with Crippen molar-refractivity contribution in [3.05, 3.63) is 47.1 Å². The molecule has 1 saturated heterocycles. The molecule has 1 atom stereocenters. The van der Waals surface area contributed by atoms with Crippen LogP contribution in [-0.2, 0) is 11.2 Å². The Morgan fingerprint density at radius 3 is 3.00 bits per heavy atom. The molecule has 5 nitrogen and oxygen atoms in total. The van der Waals surface area contributed by atoms with Gasteiger partial charge in [0, 0.05) is 24.6 Å². The van der Waals surface area contributed by atoms with Gasteiger partial charge < -0.3 is 14.2 Å². The maximum atomic E-state index is 13.2. The van der Waals surface area contributed by atoms with Crippen molar-refractivity contribution < 1.29 is 18.4 Å². The predicted molar refractivity (Wildman–Crippen MR) is 81.7 cm³/mol. The van der Waals surface area contributed by atoms with Gasteiger partial charge >= 0.3 is 0 Å². The van der Waals surface area contributed by atoms with Crippen LogP contribution in [0.4, 0.5) is 4.39 Å². The molecular formula is C17H19FN2O3. The predicted octanol–water partition coefficient (Wildman–Crippen LogP) is 2.65. The molecule has 0 radical (unpaired) electrons. The van der Waals surface area contributed by atoms with Crippen LogP contribution in [0.3, 0.4) is 0 Å². The van der Waals surface area contributed by atoms with Crippen molar-refractivity contribution in [2.75, 3.05) is 13.1 Å². The van der Waals surface area contributed by atoms with Crippen LogP contribution in [-0.4, -0.2) is 35.2 Å². The number of carbonyl (C=O) groups is 1. The second-order valence-corrected chi connectivity index (χ2v) is 5.81. The molecule has 1 aromatic heterocycles. The van der Waals surface area contributed by atoms with Gasteiger partial charge in [-0.15, -0.1) is 0 Å². The van der Waals surface area contributed by atoms with Gasteiger partial charge in [-0.05, 0) is 26.0 Å². The van der Waals surface area contributed by atoms with E-state index in [1.54, 1.807) is 17.0 Å². The number of hydrogen-bond acceptors (Lipinski definition) is 4. The zero-order valence-corrected chi connectivity index (χ0v) is 13.2. The van der Waals surface area contributed by atoms with Gasteiger partial charge in [0.2, 0.25) is 5.91 Å². The van der Waals surface area contributed by atoms with Crippen molar-refractivity contribution in [1.82, 2.24) is 10.1 Å². The Hall–Kier alpha value is -2.37. The quantitative estimate of drug-likeness (QED) is 0.869. The minimum absolute atomic E-state index is 0.0322. The van der Waals surface area contributed by atoms with Gasteiger partial charge in [-0.1, -0.05) is 11.2 Å². The summed E-state index contributed by atoms with van der Waals surface area (Å²) in [6.45, 7) is 4.79. The lowest BCUT2D eigenvalue weighted by Crippen LogP contribution is -2.32. The van der Waals surface area contributed by atoms with Crippen LogP contribution < -0.4 is 4.74 Å². The lowest BCUT2D eigenvalue weighted by atomic mass is 10.1. The lowest BCUT2D eigenvalue weighted by molar-refractivity contribution is -0.129. The summed E-state index contributed by atoms with van der Waals surface area (Å²) in [4.78, 5) is 14.2. The number of rotatable bonds is 4. The summed E-state index contributed by atoms with van der Waals surface area (Å²) in [6, 6.07) is 6.06. The number of amides is 1. The molecule has 1 aromatic carbocycles. The summed E-state index contributed by atoms with van der Waals surface area (Å²) >= 11 is 0. The third-order valence-corrected chi connectivity index (χ3v) is 4.11. The fourth-order valence-electron chi connectivity index (χ4n) is 2.80. The van der Waals surface area contributed by atoms with Crippen LogP contribution >= 0.6 is 0 Å². The molecule has 0 bridgehead atoms. The third-order valence-electron chi connectivity index (χ3n) is 4.11. The zero-order chi connectivity index (χ0) is 16.4. The normalized spacial score (nSPS) is 17.5. The van der Waals surface area contributed by atoms with E-state index in [1.807, 2.05) is 13.8 Å². The fraction of sp³-hybridized carbons (Fsp3) is 0.412. The number of likely N-dealkylation sites (tertiary alicyclic amines) is 1. The van der Waals surface area contributed by atoms with Gasteiger partial charge in [-0.25, -0.2) is 4.39 Å². The summed E-state index contributed by atoms with van der Waals surface area (Å²) < 4.78 is 24.0. The maximum Gasteiger partial charge on any atom is 0.227 e. The highest BCUT2D eigenvalue weighted by Gasteiger charge is 2.28. The van der Waals surface area contributed by atoms with E-state index in [-0.39, 0.29) is 24.2 Å². The highest BCUT2D eigenvalue weighted by atomic mass is 19.1. The van der Waals surface area contributed by atoms with Gasteiger partial charge in [0.1, 0.15) is 23.4 Å². The van der Waals surface area contributed by atoms with E-state index in [9.17, 15) is 9.18 Å². The summed E-state index contributed by atoms with van der Waals surface area (Å²) in [7, 11) is 0. The highest BCUT2D eigenvalue weighted by Crippen LogP contribution is 2.21. The van der Waals surface area contributed by atoms with Crippen molar-refractivity contribution in [3.8, 4) is 5.75 Å². The maximum absolute atomic E-state index is 13.2. The molecule has 2 heterocycles. The van der Waals surface area contributed by atoms with Crippen LogP contribution in [0.2, 0.25) is 0 Å². The van der Waals surface area contributed by atoms with Gasteiger partial charge in [0.05, 0.1) is 18.7 Å². The number of aryl methyl sites for hydroxylation is 2. The van der Waals surface area contributed by atoms with Crippen molar-refractivity contribution in [2.24, 2.45) is 0 Å². The van der Waals surface area contributed by atoms with E-state index < -0.39 is 0 Å². The molecule has 1 unspecified atom stereocenters. The van der Waals surface area contributed by atoms with E-state index >= 15 is 0 Å². The van der Waals surface area contributed by atoms with Gasteiger partial charge in [-0.2, -0.15) is 0 Å². The van der Waals surface area contributed by atoms with Crippen molar-refractivity contribution in [1.29, 1.82) is 0 Å². The number of hydrogen-bond donors (Lipinski definition) is 0. The van der Waals surface area contributed by atoms with Crippen LogP contribution in [0.25, 0.3) is 0 Å². The van der Waals surface area contributed by atoms with Gasteiger partial charge in [-0.3, -0.25) is 4.79 Å². The number of carbonyl (C=O) groups excluding carboxylic acids is 1. The molecule has 0 spiro atoms. The molecule has 1 fully saturated rings. The van der Waals surface area contributed by atoms with Crippen LogP contribution in [0.5, 0.6) is 5.75 Å². The summed E-state index contributed by atoms with van der Waals surface area (Å²) in [5.41, 5.74) is 1.60. The van der Waals surface area contributed by atoms with Crippen LogP contribution in [0.15, 0.2) is 28.8 Å². The Morgan fingerprint density at radius 2 is 2.30 bits per heavy atom. The van der Waals surface area contributed by atoms with Gasteiger partial charge in [0.25, 0.3) is 0 Å². The fourth-order valence-corrected chi connectivity index (χ4v) is 2.80. The second kappa shape index (κ2) is 6.40. The monoisotopic (exact) mass is 318 g/mol. The molecule has 0 N–H and O–H groups in total. The summed E-state index contributed by atoms with van der Waals surface area (Å²) in [6.07, 6.45) is 0.919. The molecular weight excluding hydrogens is 299 g/mol. The van der Waals surface area contributed by atoms with E-state index in [1.165, 1.54) is 12.1 Å². The number of halogens is 1. The lowest BCUT2D eigenvalue weighted by Gasteiger charge is -2.17. The molecule has 2 aromatic rings. The van der Waals surface area contributed by atoms with Gasteiger partial charge in [0.15, 0.2) is 0 Å². The minimum atomic E-state index is -0.327. The molecule has 6 heteroatoms. The first-order valence-corrected chi connectivity index (χ1v) is 7.64. The van der Waals surface area contributed by atoms with Crippen molar-refractivity contribution in [2.45, 2.75) is 32.8 Å². The first-order chi connectivity index (χ1) is 11.0. The third kappa shape index (κ3) is 3.52. The standard InChI is InChI=1S/C17H19FN2O3/c1-11-16(12(2)23-19-11)9-17(21)20-7-6-15(10-20)22-14-5-3-4-13(18)8-14/h3-5,8,15H,6-7,9-10H2,1-2H3. The van der Waals surface area contributed by atoms with E-state index in [4.69, 9.17) is 9.26 Å². The molecule has 23 heavy (non-hydrogen) atoms. The number of aromatic nitrogens is 1. The first-order valence-electron chi connectivity index (χ1n) is 7.64. The number of benzene rings is 1. The smallest absolute Gasteiger partial charge is 0.227 e. The summed E-state index contributed by atoms with van der Waals surface area (Å²) in [5, 5.41) is 3.87. The zero-order valence-electron chi connectivity index (χ0n) is 13.2. The SMILES string of the molecule is Cc1noc(C)c1CC(=O)N1CCC(Oc2cccc(F)c2)C1. The Balaban J connectivity index is 1.58. The Labute approximate surface area is 134 Å². The molecule has 1 aliphatic heterocycles. The molecule has 0 aliphatic carbocycles. The minimum Gasteiger partial charge on any atom is -0.488 e. The molecule has 1 amide bonds. The second-order valence-electron chi connectivity index (χ2n) is 5.81. The summed E-state index contributed by atoms with van der Waals surface area (Å²) in [5.74, 6) is 0.884. The molecule has 122 valence electrons. The van der Waals surface area contributed by atoms with Crippen LogP contribution in [0, 0.1) is 19.7 Å². The van der Waals surface area contributed by atoms with Crippen molar-refractivity contribution >= 4 is 5.91 Å². The van der Waals surface area contributed by atoms with Crippen molar-refractivity contribution in [3.63, 3.8) is 0 Å². The Kier molecular flexibility index (Phi) is 4.32. The highest BCUT2D eigenvalue weighted by molar-refractivity contribution is 5.79. The molecule has 0 saturated carbocycles. The largest absolute Gasteiger partial charge is 0.488 e. The Bertz CT molecular complexity index is 694.